The average molecular weight is 501 g/mol. The lowest BCUT2D eigenvalue weighted by Crippen LogP contribution is -2.04. The number of nitrogens with two attached hydrogens (primary N) is 1. The molecule has 0 radical (unpaired) electrons. The molecule has 0 saturated carbocycles. The molecule has 0 aliphatic carbocycles. The van der Waals surface area contributed by atoms with Crippen LogP contribution in [0.3, 0.4) is 0 Å². The van der Waals surface area contributed by atoms with Gasteiger partial charge in [-0.25, -0.2) is 9.97 Å². The number of rotatable bonds is 6. The summed E-state index contributed by atoms with van der Waals surface area (Å²) in [4.78, 5) is 18.0. The molecule has 0 unspecified atom stereocenters. The summed E-state index contributed by atoms with van der Waals surface area (Å²) in [5.74, 6) is 1.10. The van der Waals surface area contributed by atoms with Gasteiger partial charge in [-0.3, -0.25) is 10.1 Å². The number of aliphatic hydroxyl groups excluding tert-OH is 1. The zero-order valence-electron chi connectivity index (χ0n) is 18.0. The first-order valence-corrected chi connectivity index (χ1v) is 9.98. The third kappa shape index (κ3) is 7.18. The topological polar surface area (TPSA) is 134 Å². The van der Waals surface area contributed by atoms with Crippen LogP contribution in [-0.2, 0) is 12.8 Å². The molecule has 13 heteroatoms. The number of nitro groups is 1. The first-order chi connectivity index (χ1) is 16.0. The van der Waals surface area contributed by atoms with Crippen LogP contribution in [0.1, 0.15) is 23.9 Å². The van der Waals surface area contributed by atoms with Gasteiger partial charge in [0, 0.05) is 23.9 Å². The summed E-state index contributed by atoms with van der Waals surface area (Å²) in [5, 5.41) is 19.3. The Morgan fingerprint density at radius 3 is 2.44 bits per heavy atom. The van der Waals surface area contributed by atoms with Gasteiger partial charge < -0.3 is 20.3 Å². The van der Waals surface area contributed by atoms with E-state index in [1.165, 1.54) is 24.4 Å². The number of aryl methyl sites for hydroxylation is 1. The summed E-state index contributed by atoms with van der Waals surface area (Å²) >= 11 is 5.80. The third-order valence-electron chi connectivity index (χ3n) is 4.10. The number of hydrogen-bond donors (Lipinski definition) is 2. The second-order valence-electron chi connectivity index (χ2n) is 6.55. The maximum atomic E-state index is 12.6. The van der Waals surface area contributed by atoms with E-state index in [1.807, 2.05) is 0 Å². The van der Waals surface area contributed by atoms with Crippen LogP contribution < -0.4 is 15.2 Å². The molecule has 0 bridgehead atoms. The van der Waals surface area contributed by atoms with Crippen molar-refractivity contribution < 1.29 is 32.7 Å². The number of anilines is 1. The van der Waals surface area contributed by atoms with Crippen molar-refractivity contribution in [2.75, 3.05) is 12.3 Å². The highest BCUT2D eigenvalue weighted by Gasteiger charge is 2.31. The predicted octanol–water partition coefficient (Wildman–Crippen LogP) is 5.32. The van der Waals surface area contributed by atoms with Gasteiger partial charge in [-0.05, 0) is 38.1 Å². The van der Waals surface area contributed by atoms with Gasteiger partial charge in [-0.2, -0.15) is 13.2 Å². The Bertz CT molecular complexity index is 1160. The Morgan fingerprint density at radius 2 is 1.91 bits per heavy atom. The molecule has 3 aromatic rings. The molecule has 0 atom stereocenters. The minimum absolute atomic E-state index is 0.0111. The number of ether oxygens (including phenoxy) is 2. The number of nitro benzene ring substituents is 1. The van der Waals surface area contributed by atoms with Crippen molar-refractivity contribution in [2.24, 2.45) is 0 Å². The molecule has 0 aliphatic rings. The second-order valence-corrected chi connectivity index (χ2v) is 6.96. The smallest absolute Gasteiger partial charge is 0.416 e. The third-order valence-corrected chi connectivity index (χ3v) is 4.40. The molecule has 9 nitrogen and oxygen atoms in total. The molecule has 1 heterocycles. The van der Waals surface area contributed by atoms with Gasteiger partial charge in [-0.1, -0.05) is 11.6 Å². The van der Waals surface area contributed by atoms with Gasteiger partial charge in [0.2, 0.25) is 5.75 Å². The minimum atomic E-state index is -4.52. The molecule has 0 amide bonds. The van der Waals surface area contributed by atoms with E-state index in [4.69, 9.17) is 31.9 Å². The lowest BCUT2D eigenvalue weighted by atomic mass is 10.2. The van der Waals surface area contributed by atoms with Crippen molar-refractivity contribution in [1.29, 1.82) is 0 Å². The number of nitrogens with zero attached hydrogens (tertiary/aromatic N) is 3. The molecule has 2 aromatic carbocycles. The van der Waals surface area contributed by atoms with E-state index in [-0.39, 0.29) is 41.2 Å². The summed E-state index contributed by atoms with van der Waals surface area (Å²) in [7, 11) is 0. The summed E-state index contributed by atoms with van der Waals surface area (Å²) < 4.78 is 48.4. The van der Waals surface area contributed by atoms with Crippen LogP contribution in [0.2, 0.25) is 5.02 Å². The maximum Gasteiger partial charge on any atom is 0.416 e. The largest absolute Gasteiger partial charge is 0.487 e. The lowest BCUT2D eigenvalue weighted by Gasteiger charge is -2.12. The molecule has 3 N–H and O–H groups in total. The van der Waals surface area contributed by atoms with Gasteiger partial charge in [0.15, 0.2) is 0 Å². The SMILES string of the molecule is CCOc1cc(Oc2ccc(C(F)(F)F)cc2Cl)ccc1[N+](=O)[O-].Cc1ncc(CO)c(N)n1. The number of nitrogen functional groups attached to an aromatic ring is 1. The van der Waals surface area contributed by atoms with E-state index < -0.39 is 16.7 Å². The fourth-order valence-corrected chi connectivity index (χ4v) is 2.72. The van der Waals surface area contributed by atoms with E-state index in [2.05, 4.69) is 9.97 Å². The Morgan fingerprint density at radius 1 is 1.21 bits per heavy atom. The number of alkyl halides is 3. The lowest BCUT2D eigenvalue weighted by molar-refractivity contribution is -0.385. The van der Waals surface area contributed by atoms with Crippen molar-refractivity contribution in [2.45, 2.75) is 26.6 Å². The number of hydrogen-bond acceptors (Lipinski definition) is 8. The van der Waals surface area contributed by atoms with Gasteiger partial charge in [0.1, 0.15) is 23.1 Å². The fourth-order valence-electron chi connectivity index (χ4n) is 2.50. The Labute approximate surface area is 197 Å². The first kappa shape index (κ1) is 26.6. The highest BCUT2D eigenvalue weighted by molar-refractivity contribution is 6.32. The Hall–Kier alpha value is -3.64. The Kier molecular flexibility index (Phi) is 8.98. The van der Waals surface area contributed by atoms with Crippen LogP contribution in [0.5, 0.6) is 17.2 Å². The van der Waals surface area contributed by atoms with Gasteiger partial charge in [-0.15, -0.1) is 0 Å². The molecule has 3 rings (SSSR count). The second kappa shape index (κ2) is 11.5. The van der Waals surface area contributed by atoms with Crippen molar-refractivity contribution in [3.05, 3.63) is 74.7 Å². The number of benzene rings is 2. The monoisotopic (exact) mass is 500 g/mol. The molecular formula is C21H20ClF3N4O5. The molecule has 0 saturated heterocycles. The van der Waals surface area contributed by atoms with Gasteiger partial charge >= 0.3 is 11.9 Å². The number of halogens is 4. The quantitative estimate of drug-likeness (QED) is 0.343. The summed E-state index contributed by atoms with van der Waals surface area (Å²) in [6, 6.07) is 6.40. The fraction of sp³-hybridized carbons (Fsp3) is 0.238. The maximum absolute atomic E-state index is 12.6. The van der Waals surface area contributed by atoms with E-state index >= 15 is 0 Å². The molecule has 34 heavy (non-hydrogen) atoms. The summed E-state index contributed by atoms with van der Waals surface area (Å²) in [6.45, 7) is 3.50. The van der Waals surface area contributed by atoms with Crippen LogP contribution in [0, 0.1) is 17.0 Å². The van der Waals surface area contributed by atoms with Gasteiger partial charge in [0.05, 0.1) is 28.7 Å². The normalized spacial score (nSPS) is 10.8. The highest BCUT2D eigenvalue weighted by atomic mass is 35.5. The molecule has 0 spiro atoms. The van der Waals surface area contributed by atoms with E-state index in [1.54, 1.807) is 13.8 Å². The summed E-state index contributed by atoms with van der Waals surface area (Å²) in [6.07, 6.45) is -2.99. The van der Waals surface area contributed by atoms with E-state index in [0.717, 1.165) is 18.2 Å². The average Bonchev–Trinajstić information content (AvgIpc) is 2.75. The molecule has 1 aromatic heterocycles. The number of aromatic nitrogens is 2. The summed E-state index contributed by atoms with van der Waals surface area (Å²) in [5.41, 5.74) is 4.84. The Balaban J connectivity index is 0.000000340. The first-order valence-electron chi connectivity index (χ1n) is 9.61. The standard InChI is InChI=1S/C15H11ClF3NO4.C6H9N3O/c1-2-23-14-8-10(4-5-12(14)20(21)22)24-13-6-3-9(7-11(13)16)15(17,18)19;1-4-8-2-5(3-10)6(7)9-4/h3-8H,2H2,1H3;2,10H,3H2,1H3,(H2,7,8,9). The molecule has 0 aliphatic heterocycles. The van der Waals surface area contributed by atoms with Crippen molar-refractivity contribution >= 4 is 23.1 Å². The van der Waals surface area contributed by atoms with Crippen LogP contribution in [0.25, 0.3) is 0 Å². The van der Waals surface area contributed by atoms with Crippen molar-refractivity contribution in [3.63, 3.8) is 0 Å². The van der Waals surface area contributed by atoms with E-state index in [0.29, 0.717) is 17.2 Å². The molecule has 182 valence electrons. The highest BCUT2D eigenvalue weighted by Crippen LogP contribution is 2.38. The molecular weight excluding hydrogens is 481 g/mol. The van der Waals surface area contributed by atoms with E-state index in [9.17, 15) is 23.3 Å². The van der Waals surface area contributed by atoms with Crippen molar-refractivity contribution in [3.8, 4) is 17.2 Å². The van der Waals surface area contributed by atoms with Gasteiger partial charge in [0.25, 0.3) is 0 Å². The predicted molar refractivity (Wildman–Crippen MR) is 118 cm³/mol. The van der Waals surface area contributed by atoms with Crippen LogP contribution in [0.15, 0.2) is 42.6 Å². The van der Waals surface area contributed by atoms with Crippen LogP contribution >= 0.6 is 11.6 Å². The molecule has 0 fully saturated rings. The minimum Gasteiger partial charge on any atom is -0.487 e. The zero-order valence-corrected chi connectivity index (χ0v) is 18.7. The van der Waals surface area contributed by atoms with Crippen molar-refractivity contribution in [1.82, 2.24) is 9.97 Å². The number of aliphatic hydroxyl groups is 1. The zero-order chi connectivity index (χ0) is 25.5. The van der Waals surface area contributed by atoms with Crippen LogP contribution in [-0.4, -0.2) is 26.6 Å². The van der Waals surface area contributed by atoms with Crippen LogP contribution in [0.4, 0.5) is 24.7 Å².